The van der Waals surface area contributed by atoms with Gasteiger partial charge >= 0.3 is 0 Å². The second-order valence-corrected chi connectivity index (χ2v) is 6.50. The molecular formula is C22H23N3O2. The molecule has 1 N–H and O–H groups in total. The van der Waals surface area contributed by atoms with Crippen LogP contribution in [-0.2, 0) is 11.3 Å². The molecule has 0 radical (unpaired) electrons. The van der Waals surface area contributed by atoms with Crippen LogP contribution in [0, 0.1) is 6.92 Å². The minimum atomic E-state index is -0.0781. The van der Waals surface area contributed by atoms with Gasteiger partial charge in [0.15, 0.2) is 0 Å². The van der Waals surface area contributed by atoms with Crippen LogP contribution in [0.2, 0.25) is 0 Å². The summed E-state index contributed by atoms with van der Waals surface area (Å²) in [7, 11) is 0. The third-order valence-electron chi connectivity index (χ3n) is 4.54. The highest BCUT2D eigenvalue weighted by Gasteiger charge is 2.17. The number of benzene rings is 2. The largest absolute Gasteiger partial charge is 0.354 e. The molecule has 5 heteroatoms. The van der Waals surface area contributed by atoms with Crippen molar-refractivity contribution in [1.82, 2.24) is 14.9 Å². The topological polar surface area (TPSA) is 64.0 Å². The lowest BCUT2D eigenvalue weighted by Gasteiger charge is -2.18. The SMILES string of the molecule is Cc1cncn(CCNC(=O)CC(c2ccccc2)c2ccccc2)c1=O. The quantitative estimate of drug-likeness (QED) is 0.704. The number of aromatic nitrogens is 2. The average molecular weight is 361 g/mol. The predicted octanol–water partition coefficient (Wildman–Crippen LogP) is 2.89. The van der Waals surface area contributed by atoms with Crippen molar-refractivity contribution in [2.75, 3.05) is 6.54 Å². The third-order valence-corrected chi connectivity index (χ3v) is 4.54. The van der Waals surface area contributed by atoms with E-state index in [-0.39, 0.29) is 17.4 Å². The van der Waals surface area contributed by atoms with E-state index in [1.807, 2.05) is 60.7 Å². The summed E-state index contributed by atoms with van der Waals surface area (Å²) in [6.07, 6.45) is 3.40. The lowest BCUT2D eigenvalue weighted by atomic mass is 9.88. The second kappa shape index (κ2) is 8.94. The lowest BCUT2D eigenvalue weighted by Crippen LogP contribution is -2.32. The van der Waals surface area contributed by atoms with Crippen LogP contribution >= 0.6 is 0 Å². The summed E-state index contributed by atoms with van der Waals surface area (Å²) in [6, 6.07) is 20.1. The Bertz CT molecular complexity index is 897. The summed E-state index contributed by atoms with van der Waals surface area (Å²) < 4.78 is 1.52. The van der Waals surface area contributed by atoms with Gasteiger partial charge in [-0.2, -0.15) is 0 Å². The molecule has 27 heavy (non-hydrogen) atoms. The zero-order chi connectivity index (χ0) is 19.1. The van der Waals surface area contributed by atoms with Gasteiger partial charge in [0.25, 0.3) is 5.56 Å². The summed E-state index contributed by atoms with van der Waals surface area (Å²) in [5.41, 5.74) is 2.73. The Morgan fingerprint density at radius 3 is 2.22 bits per heavy atom. The van der Waals surface area contributed by atoms with E-state index >= 15 is 0 Å². The first-order chi connectivity index (χ1) is 13.1. The normalized spacial score (nSPS) is 10.7. The Labute approximate surface area is 158 Å². The summed E-state index contributed by atoms with van der Waals surface area (Å²) in [5.74, 6) is -0.0443. The van der Waals surface area contributed by atoms with Gasteiger partial charge in [-0.25, -0.2) is 4.98 Å². The second-order valence-electron chi connectivity index (χ2n) is 6.50. The highest BCUT2D eigenvalue weighted by atomic mass is 16.1. The predicted molar refractivity (Wildman–Crippen MR) is 106 cm³/mol. The Kier molecular flexibility index (Phi) is 6.15. The molecule has 0 aliphatic rings. The molecule has 3 rings (SSSR count). The van der Waals surface area contributed by atoms with Gasteiger partial charge < -0.3 is 5.32 Å². The smallest absolute Gasteiger partial charge is 0.256 e. The van der Waals surface area contributed by atoms with Gasteiger partial charge in [-0.15, -0.1) is 0 Å². The van der Waals surface area contributed by atoms with E-state index in [2.05, 4.69) is 10.3 Å². The van der Waals surface area contributed by atoms with E-state index < -0.39 is 0 Å². The van der Waals surface area contributed by atoms with Gasteiger partial charge in [-0.1, -0.05) is 60.7 Å². The monoisotopic (exact) mass is 361 g/mol. The lowest BCUT2D eigenvalue weighted by molar-refractivity contribution is -0.121. The fourth-order valence-corrected chi connectivity index (χ4v) is 3.09. The van der Waals surface area contributed by atoms with Gasteiger partial charge in [0, 0.05) is 37.2 Å². The molecule has 1 aromatic heterocycles. The molecule has 0 aliphatic heterocycles. The first-order valence-corrected chi connectivity index (χ1v) is 9.03. The van der Waals surface area contributed by atoms with Crippen molar-refractivity contribution >= 4 is 5.91 Å². The van der Waals surface area contributed by atoms with Crippen LogP contribution in [0.1, 0.15) is 29.0 Å². The number of rotatable bonds is 7. The average Bonchev–Trinajstić information content (AvgIpc) is 2.71. The number of hydrogen-bond donors (Lipinski definition) is 1. The Balaban J connectivity index is 1.65. The van der Waals surface area contributed by atoms with Gasteiger partial charge in [0.1, 0.15) is 0 Å². The molecule has 0 atom stereocenters. The molecule has 1 amide bonds. The summed E-state index contributed by atoms with van der Waals surface area (Å²) in [4.78, 5) is 28.6. The van der Waals surface area contributed by atoms with Crippen LogP contribution in [0.3, 0.4) is 0 Å². The van der Waals surface area contributed by atoms with E-state index in [0.717, 1.165) is 11.1 Å². The van der Waals surface area contributed by atoms with Crippen LogP contribution in [0.5, 0.6) is 0 Å². The maximum Gasteiger partial charge on any atom is 0.256 e. The summed E-state index contributed by atoms with van der Waals surface area (Å²) in [5, 5.41) is 2.92. The Hall–Kier alpha value is -3.21. The van der Waals surface area contributed by atoms with E-state index in [0.29, 0.717) is 25.1 Å². The fraction of sp³-hybridized carbons (Fsp3) is 0.227. The molecule has 0 unspecified atom stereocenters. The van der Waals surface area contributed by atoms with Crippen LogP contribution in [0.4, 0.5) is 0 Å². The van der Waals surface area contributed by atoms with E-state index in [4.69, 9.17) is 0 Å². The molecule has 0 saturated heterocycles. The number of nitrogens with one attached hydrogen (secondary N) is 1. The highest BCUT2D eigenvalue weighted by molar-refractivity contribution is 5.77. The number of nitrogens with zero attached hydrogens (tertiary/aromatic N) is 2. The molecule has 0 fully saturated rings. The van der Waals surface area contributed by atoms with Crippen molar-refractivity contribution in [3.8, 4) is 0 Å². The molecule has 0 aliphatic carbocycles. The van der Waals surface area contributed by atoms with Gasteiger partial charge in [0.2, 0.25) is 5.91 Å². The van der Waals surface area contributed by atoms with E-state index in [1.165, 1.54) is 10.9 Å². The van der Waals surface area contributed by atoms with Crippen molar-refractivity contribution in [3.05, 3.63) is 100 Å². The fourth-order valence-electron chi connectivity index (χ4n) is 3.09. The summed E-state index contributed by atoms with van der Waals surface area (Å²) >= 11 is 0. The zero-order valence-corrected chi connectivity index (χ0v) is 15.3. The number of amides is 1. The number of carbonyl (C=O) groups is 1. The number of aryl methyl sites for hydroxylation is 1. The van der Waals surface area contributed by atoms with Crippen molar-refractivity contribution in [2.45, 2.75) is 25.8 Å². The van der Waals surface area contributed by atoms with Crippen LogP contribution < -0.4 is 10.9 Å². The summed E-state index contributed by atoms with van der Waals surface area (Å²) in [6.45, 7) is 2.52. The Morgan fingerprint density at radius 1 is 1.04 bits per heavy atom. The van der Waals surface area contributed by atoms with Crippen molar-refractivity contribution in [3.63, 3.8) is 0 Å². The molecule has 1 heterocycles. The third kappa shape index (κ3) is 4.91. The van der Waals surface area contributed by atoms with E-state index in [1.54, 1.807) is 13.1 Å². The first kappa shape index (κ1) is 18.6. The first-order valence-electron chi connectivity index (χ1n) is 9.03. The van der Waals surface area contributed by atoms with Gasteiger partial charge in [0.05, 0.1) is 6.33 Å². The van der Waals surface area contributed by atoms with Crippen molar-refractivity contribution in [2.24, 2.45) is 0 Å². The van der Waals surface area contributed by atoms with Crippen molar-refractivity contribution < 1.29 is 4.79 Å². The molecular weight excluding hydrogens is 338 g/mol. The van der Waals surface area contributed by atoms with Crippen molar-refractivity contribution in [1.29, 1.82) is 0 Å². The highest BCUT2D eigenvalue weighted by Crippen LogP contribution is 2.27. The maximum absolute atomic E-state index is 12.5. The number of carbonyl (C=O) groups excluding carboxylic acids is 1. The molecule has 5 nitrogen and oxygen atoms in total. The molecule has 3 aromatic rings. The molecule has 2 aromatic carbocycles. The molecule has 0 saturated carbocycles. The van der Waals surface area contributed by atoms with Crippen LogP contribution in [-0.4, -0.2) is 22.0 Å². The van der Waals surface area contributed by atoms with Gasteiger partial charge in [-0.05, 0) is 18.1 Å². The number of hydrogen-bond acceptors (Lipinski definition) is 3. The molecule has 0 bridgehead atoms. The zero-order valence-electron chi connectivity index (χ0n) is 15.3. The van der Waals surface area contributed by atoms with E-state index in [9.17, 15) is 9.59 Å². The van der Waals surface area contributed by atoms with Crippen LogP contribution in [0.25, 0.3) is 0 Å². The Morgan fingerprint density at radius 2 is 1.63 bits per heavy atom. The minimum absolute atomic E-state index is 0.00393. The maximum atomic E-state index is 12.5. The minimum Gasteiger partial charge on any atom is -0.354 e. The van der Waals surface area contributed by atoms with Gasteiger partial charge in [-0.3, -0.25) is 14.2 Å². The molecule has 0 spiro atoms. The molecule has 138 valence electrons. The van der Waals surface area contributed by atoms with Crippen LogP contribution in [0.15, 0.2) is 78.0 Å². The standard InChI is InChI=1S/C22H23N3O2/c1-17-15-23-16-25(22(17)27)13-12-24-21(26)14-20(18-8-4-2-5-9-18)19-10-6-3-7-11-19/h2-11,15-16,20H,12-14H2,1H3,(H,24,26).